The van der Waals surface area contributed by atoms with Gasteiger partial charge in [-0.15, -0.1) is 0 Å². The molecule has 0 N–H and O–H groups in total. The summed E-state index contributed by atoms with van der Waals surface area (Å²) in [5.41, 5.74) is 9.90. The Balaban J connectivity index is 0.000000209. The molecule has 10 heteroatoms. The number of unbranched alkanes of at least 4 members (excludes halogenated alkanes) is 1. The van der Waals surface area contributed by atoms with Crippen LogP contribution in [0.15, 0.2) is 119 Å². The molecule has 0 unspecified atom stereocenters. The fourth-order valence-electron chi connectivity index (χ4n) is 5.54. The molecule has 0 spiro atoms. The van der Waals surface area contributed by atoms with Crippen molar-refractivity contribution < 1.29 is 35.1 Å². The smallest absolute Gasteiger partial charge is 0.212 e. The second kappa shape index (κ2) is 16.5. The van der Waals surface area contributed by atoms with Gasteiger partial charge in [-0.3, -0.25) is 0 Å². The summed E-state index contributed by atoms with van der Waals surface area (Å²) >= 11 is 0. The predicted molar refractivity (Wildman–Crippen MR) is 195 cm³/mol. The molecule has 0 aliphatic rings. The van der Waals surface area contributed by atoms with Gasteiger partial charge in [-0.25, -0.2) is 16.8 Å². The molecule has 0 fully saturated rings. The van der Waals surface area contributed by atoms with E-state index in [4.69, 9.17) is 0 Å². The SMILES string of the molecule is Cc1ccc(S(=O)(=O)[O-])cc1.Cc1ccc(S(=O)(=O)[O-])cc1.Cc1ccc2c(c1)c(C)cc[n+]2CCCC[n+]1ccc(C)c2cc(C)ccc21. The van der Waals surface area contributed by atoms with Gasteiger partial charge in [0.1, 0.15) is 33.3 Å². The Morgan fingerprint density at radius 3 is 1.10 bits per heavy atom. The van der Waals surface area contributed by atoms with Crippen LogP contribution in [-0.4, -0.2) is 25.9 Å². The van der Waals surface area contributed by atoms with Crippen LogP contribution in [0.5, 0.6) is 0 Å². The van der Waals surface area contributed by atoms with E-state index in [0.29, 0.717) is 0 Å². The maximum atomic E-state index is 10.4. The van der Waals surface area contributed by atoms with Crippen LogP contribution < -0.4 is 9.13 Å². The summed E-state index contributed by atoms with van der Waals surface area (Å²) in [7, 11) is -8.54. The first-order valence-corrected chi connectivity index (χ1v) is 19.2. The highest BCUT2D eigenvalue weighted by Crippen LogP contribution is 2.18. The Morgan fingerprint density at radius 2 is 0.780 bits per heavy atom. The fraction of sp³-hybridized carbons (Fsp3) is 0.250. The Hall–Kier alpha value is -4.48. The Labute approximate surface area is 296 Å². The molecule has 0 aliphatic carbocycles. The van der Waals surface area contributed by atoms with E-state index in [1.165, 1.54) is 81.2 Å². The first kappa shape index (κ1) is 38.3. The molecule has 0 atom stereocenters. The molecule has 50 heavy (non-hydrogen) atoms. The maximum absolute atomic E-state index is 10.4. The molecule has 0 saturated heterocycles. The summed E-state index contributed by atoms with van der Waals surface area (Å²) < 4.78 is 67.1. The molecule has 2 aromatic heterocycles. The number of hydrogen-bond donors (Lipinski definition) is 0. The molecular formula is C40H44N2O6S2. The van der Waals surface area contributed by atoms with Crippen LogP contribution in [0, 0.1) is 41.5 Å². The van der Waals surface area contributed by atoms with Crippen LogP contribution >= 0.6 is 0 Å². The van der Waals surface area contributed by atoms with Gasteiger partial charge in [0, 0.05) is 47.9 Å². The zero-order chi connectivity index (χ0) is 36.6. The largest absolute Gasteiger partial charge is 0.744 e. The van der Waals surface area contributed by atoms with E-state index in [0.717, 1.165) is 24.2 Å². The van der Waals surface area contributed by atoms with Crippen molar-refractivity contribution in [1.29, 1.82) is 0 Å². The molecular weight excluding hydrogens is 669 g/mol. The minimum atomic E-state index is -4.27. The lowest BCUT2D eigenvalue weighted by Crippen LogP contribution is -2.37. The van der Waals surface area contributed by atoms with E-state index in [2.05, 4.69) is 97.8 Å². The van der Waals surface area contributed by atoms with Gasteiger partial charge < -0.3 is 9.11 Å². The summed E-state index contributed by atoms with van der Waals surface area (Å²) in [6.45, 7) is 14.5. The van der Waals surface area contributed by atoms with Gasteiger partial charge in [0.2, 0.25) is 11.0 Å². The van der Waals surface area contributed by atoms with Crippen LogP contribution in [0.25, 0.3) is 21.8 Å². The molecule has 6 rings (SSSR count). The Kier molecular flexibility index (Phi) is 12.6. The molecule has 0 radical (unpaired) electrons. The normalized spacial score (nSPS) is 11.4. The van der Waals surface area contributed by atoms with Gasteiger partial charge in [-0.1, -0.05) is 58.7 Å². The molecule has 8 nitrogen and oxygen atoms in total. The van der Waals surface area contributed by atoms with E-state index >= 15 is 0 Å². The summed E-state index contributed by atoms with van der Waals surface area (Å²) in [6, 6.07) is 29.6. The lowest BCUT2D eigenvalue weighted by atomic mass is 10.1. The van der Waals surface area contributed by atoms with Gasteiger partial charge >= 0.3 is 0 Å². The third-order valence-electron chi connectivity index (χ3n) is 8.45. The maximum Gasteiger partial charge on any atom is 0.212 e. The van der Waals surface area contributed by atoms with Crippen LogP contribution in [0.1, 0.15) is 46.2 Å². The number of hydrogen-bond acceptors (Lipinski definition) is 6. The molecule has 0 saturated carbocycles. The van der Waals surface area contributed by atoms with Crippen molar-refractivity contribution in [2.45, 2.75) is 77.3 Å². The van der Waals surface area contributed by atoms with Crippen molar-refractivity contribution in [3.05, 3.63) is 143 Å². The number of fused-ring (bicyclic) bond motifs is 2. The van der Waals surface area contributed by atoms with Crippen molar-refractivity contribution in [3.63, 3.8) is 0 Å². The van der Waals surface area contributed by atoms with E-state index < -0.39 is 20.2 Å². The number of aryl methyl sites for hydroxylation is 8. The van der Waals surface area contributed by atoms with Crippen LogP contribution in [0.2, 0.25) is 0 Å². The molecule has 2 heterocycles. The van der Waals surface area contributed by atoms with Gasteiger partial charge in [0.15, 0.2) is 12.4 Å². The molecule has 4 aromatic carbocycles. The summed E-state index contributed by atoms with van der Waals surface area (Å²) in [5, 5.41) is 2.74. The third kappa shape index (κ3) is 10.5. The Morgan fingerprint density at radius 1 is 0.460 bits per heavy atom. The second-order valence-electron chi connectivity index (χ2n) is 12.7. The lowest BCUT2D eigenvalue weighted by molar-refractivity contribution is -0.683. The minimum Gasteiger partial charge on any atom is -0.744 e. The van der Waals surface area contributed by atoms with Gasteiger partial charge in [0.05, 0.1) is 9.79 Å². The zero-order valence-corrected chi connectivity index (χ0v) is 31.0. The number of rotatable bonds is 7. The lowest BCUT2D eigenvalue weighted by Gasteiger charge is -2.06. The van der Waals surface area contributed by atoms with E-state index in [1.807, 2.05) is 13.8 Å². The highest BCUT2D eigenvalue weighted by Gasteiger charge is 2.13. The van der Waals surface area contributed by atoms with Crippen LogP contribution in [0.4, 0.5) is 0 Å². The fourth-order valence-corrected chi connectivity index (χ4v) is 6.48. The number of pyridine rings is 2. The van der Waals surface area contributed by atoms with Crippen molar-refractivity contribution in [1.82, 2.24) is 0 Å². The van der Waals surface area contributed by atoms with Crippen molar-refractivity contribution in [3.8, 4) is 0 Å². The molecule has 262 valence electrons. The molecule has 6 aromatic rings. The monoisotopic (exact) mass is 712 g/mol. The summed E-state index contributed by atoms with van der Waals surface area (Å²) in [6.07, 6.45) is 6.82. The number of benzene rings is 4. The third-order valence-corrected chi connectivity index (χ3v) is 10.1. The topological polar surface area (TPSA) is 122 Å². The van der Waals surface area contributed by atoms with Crippen molar-refractivity contribution in [2.24, 2.45) is 0 Å². The standard InChI is InChI=1S/C26H30N2.2C7H8O3S/c1-19-7-9-25-23(17-19)21(3)11-15-27(25)13-5-6-14-28-16-12-22(4)24-18-20(2)8-10-26(24)28;2*1-6-2-4-7(5-3-6)11(8,9)10/h7-12,15-18H,5-6,13-14H2,1-4H3;2*2-5H,1H3,(H,8,9,10)/q+2;;/p-2. The zero-order valence-electron chi connectivity index (χ0n) is 29.4. The number of aromatic nitrogens is 2. The molecule has 0 bridgehead atoms. The van der Waals surface area contributed by atoms with Gasteiger partial charge in [-0.05, 0) is 89.1 Å². The molecule has 0 aliphatic heterocycles. The Bertz CT molecular complexity index is 2150. The summed E-state index contributed by atoms with van der Waals surface area (Å²) in [5.74, 6) is 0. The highest BCUT2D eigenvalue weighted by atomic mass is 32.2. The van der Waals surface area contributed by atoms with Crippen LogP contribution in [0.3, 0.4) is 0 Å². The first-order chi connectivity index (χ1) is 23.5. The van der Waals surface area contributed by atoms with E-state index in [-0.39, 0.29) is 9.79 Å². The summed E-state index contributed by atoms with van der Waals surface area (Å²) in [4.78, 5) is -0.355. The van der Waals surface area contributed by atoms with Crippen molar-refractivity contribution >= 4 is 42.0 Å². The highest BCUT2D eigenvalue weighted by molar-refractivity contribution is 7.86. The van der Waals surface area contributed by atoms with Gasteiger partial charge in [-0.2, -0.15) is 9.13 Å². The number of nitrogens with zero attached hydrogens (tertiary/aromatic N) is 2. The first-order valence-electron chi connectivity index (χ1n) is 16.4. The van der Waals surface area contributed by atoms with Gasteiger partial charge in [0.25, 0.3) is 0 Å². The van der Waals surface area contributed by atoms with E-state index in [9.17, 15) is 25.9 Å². The second-order valence-corrected chi connectivity index (χ2v) is 15.4. The van der Waals surface area contributed by atoms with Crippen LogP contribution in [-0.2, 0) is 33.3 Å². The van der Waals surface area contributed by atoms with E-state index in [1.54, 1.807) is 24.3 Å². The quantitative estimate of drug-likeness (QED) is 0.0991. The average molecular weight is 713 g/mol. The van der Waals surface area contributed by atoms with Crippen molar-refractivity contribution in [2.75, 3.05) is 0 Å². The average Bonchev–Trinajstić information content (AvgIpc) is 3.05. The molecule has 0 amide bonds. The minimum absolute atomic E-state index is 0.178. The predicted octanol–water partition coefficient (Wildman–Crippen LogP) is 7.08.